The number of benzene rings is 2. The maximum Gasteiger partial charge on any atom is 0.294 e. The van der Waals surface area contributed by atoms with Gasteiger partial charge in [-0.3, -0.25) is 14.0 Å². The van der Waals surface area contributed by atoms with Gasteiger partial charge in [0.25, 0.3) is 11.5 Å². The van der Waals surface area contributed by atoms with Gasteiger partial charge in [0, 0.05) is 28.7 Å². The summed E-state index contributed by atoms with van der Waals surface area (Å²) in [5.74, 6) is 1.11. The van der Waals surface area contributed by atoms with E-state index in [1.807, 2.05) is 41.7 Å². The van der Waals surface area contributed by atoms with E-state index in [-0.39, 0.29) is 11.5 Å². The molecule has 2 aromatic carbocycles. The molecule has 1 fully saturated rings. The van der Waals surface area contributed by atoms with Gasteiger partial charge >= 0.3 is 0 Å². The Bertz CT molecular complexity index is 1470. The molecule has 7 nitrogen and oxygen atoms in total. The molecule has 2 aromatic heterocycles. The number of nitrogens with zero attached hydrogens (tertiary/aromatic N) is 4. The van der Waals surface area contributed by atoms with E-state index in [0.717, 1.165) is 47.4 Å². The standard InChI is InChI=1S/C24H22ClN5O2/c1-2-13-11-20-18(26-23(31)22-28-27-21(30(20)22)14-4-3-5-14)12-17(13)24(32)29-9-8-15-10-16(25)6-7-19(15)29/h6-7,10-12,14H,2-5,8-9H2,1H3,(H,26,31). The van der Waals surface area contributed by atoms with Crippen molar-refractivity contribution in [2.45, 2.75) is 44.9 Å². The smallest absolute Gasteiger partial charge is 0.294 e. The lowest BCUT2D eigenvalue weighted by molar-refractivity contribution is 0.0988. The third-order valence-electron chi connectivity index (χ3n) is 6.87. The topological polar surface area (TPSA) is 83.4 Å². The number of carbonyl (C=O) groups is 1. The highest BCUT2D eigenvalue weighted by atomic mass is 35.5. The summed E-state index contributed by atoms with van der Waals surface area (Å²) in [6.45, 7) is 2.65. The number of hydrogen-bond acceptors (Lipinski definition) is 4. The molecule has 1 aliphatic heterocycles. The Morgan fingerprint density at radius 3 is 2.81 bits per heavy atom. The molecule has 3 heterocycles. The first-order valence-electron chi connectivity index (χ1n) is 11.1. The second-order valence-corrected chi connectivity index (χ2v) is 9.10. The van der Waals surface area contributed by atoms with Crippen molar-refractivity contribution in [2.75, 3.05) is 11.4 Å². The minimum absolute atomic E-state index is 0.0614. The summed E-state index contributed by atoms with van der Waals surface area (Å²) in [7, 11) is 0. The lowest BCUT2D eigenvalue weighted by Crippen LogP contribution is -2.30. The van der Waals surface area contributed by atoms with Crippen LogP contribution in [0.25, 0.3) is 16.7 Å². The summed E-state index contributed by atoms with van der Waals surface area (Å²) < 4.78 is 1.89. The number of aromatic nitrogens is 4. The summed E-state index contributed by atoms with van der Waals surface area (Å²) in [4.78, 5) is 31.1. The highest BCUT2D eigenvalue weighted by Gasteiger charge is 2.29. The van der Waals surface area contributed by atoms with Crippen LogP contribution >= 0.6 is 11.6 Å². The van der Waals surface area contributed by atoms with Crippen LogP contribution in [-0.4, -0.2) is 32.0 Å². The van der Waals surface area contributed by atoms with Crippen molar-refractivity contribution in [1.29, 1.82) is 0 Å². The molecule has 0 saturated heterocycles. The second-order valence-electron chi connectivity index (χ2n) is 8.66. The van der Waals surface area contributed by atoms with Crippen LogP contribution in [0.1, 0.15) is 59.4 Å². The molecule has 0 radical (unpaired) electrons. The van der Waals surface area contributed by atoms with Gasteiger partial charge in [0.05, 0.1) is 11.0 Å². The number of anilines is 1. The van der Waals surface area contributed by atoms with Crippen LogP contribution in [0.2, 0.25) is 5.02 Å². The van der Waals surface area contributed by atoms with Crippen LogP contribution < -0.4 is 10.5 Å². The van der Waals surface area contributed by atoms with Crippen LogP contribution in [0.15, 0.2) is 35.1 Å². The number of nitrogens with one attached hydrogen (secondary N) is 1. The first-order valence-corrected chi connectivity index (χ1v) is 11.5. The third kappa shape index (κ3) is 2.80. The largest absolute Gasteiger partial charge is 0.317 e. The Morgan fingerprint density at radius 1 is 1.22 bits per heavy atom. The third-order valence-corrected chi connectivity index (χ3v) is 7.10. The van der Waals surface area contributed by atoms with Crippen molar-refractivity contribution < 1.29 is 4.79 Å². The van der Waals surface area contributed by atoms with E-state index in [2.05, 4.69) is 15.2 Å². The van der Waals surface area contributed by atoms with Crippen molar-refractivity contribution in [1.82, 2.24) is 19.6 Å². The molecule has 4 aromatic rings. The average molecular weight is 448 g/mol. The van der Waals surface area contributed by atoms with E-state index in [4.69, 9.17) is 11.6 Å². The van der Waals surface area contributed by atoms with Crippen molar-refractivity contribution in [3.05, 3.63) is 68.2 Å². The van der Waals surface area contributed by atoms with Crippen molar-refractivity contribution in [3.8, 4) is 0 Å². The maximum atomic E-state index is 13.6. The fraction of sp³-hybridized carbons (Fsp3) is 0.333. The molecule has 0 unspecified atom stereocenters. The molecule has 0 atom stereocenters. The number of amides is 1. The lowest BCUT2D eigenvalue weighted by Gasteiger charge is -2.24. The lowest BCUT2D eigenvalue weighted by atomic mass is 9.85. The van der Waals surface area contributed by atoms with E-state index in [9.17, 15) is 9.59 Å². The number of H-pyrrole nitrogens is 1. The number of carbonyl (C=O) groups excluding carboxylic acids is 1. The van der Waals surface area contributed by atoms with Crippen LogP contribution in [0, 0.1) is 0 Å². The van der Waals surface area contributed by atoms with Crippen molar-refractivity contribution in [2.24, 2.45) is 0 Å². The van der Waals surface area contributed by atoms with Crippen molar-refractivity contribution in [3.63, 3.8) is 0 Å². The predicted octanol–water partition coefficient (Wildman–Crippen LogP) is 4.26. The fourth-order valence-electron chi connectivity index (χ4n) is 4.92. The summed E-state index contributed by atoms with van der Waals surface area (Å²) in [6.07, 6.45) is 4.76. The zero-order chi connectivity index (χ0) is 22.0. The molecule has 6 rings (SSSR count). The minimum atomic E-state index is -0.292. The molecule has 1 saturated carbocycles. The van der Waals surface area contributed by atoms with E-state index in [1.54, 1.807) is 4.90 Å². The summed E-state index contributed by atoms with van der Waals surface area (Å²) >= 11 is 6.13. The first-order chi connectivity index (χ1) is 15.5. The number of rotatable bonds is 3. The Labute approximate surface area is 189 Å². The van der Waals surface area contributed by atoms with Gasteiger partial charge in [-0.05, 0) is 67.1 Å². The maximum absolute atomic E-state index is 13.6. The van der Waals surface area contributed by atoms with Crippen LogP contribution in [-0.2, 0) is 12.8 Å². The van der Waals surface area contributed by atoms with Crippen LogP contribution in [0.3, 0.4) is 0 Å². The fourth-order valence-corrected chi connectivity index (χ4v) is 5.12. The molecule has 1 aliphatic carbocycles. The van der Waals surface area contributed by atoms with Gasteiger partial charge < -0.3 is 9.88 Å². The highest BCUT2D eigenvalue weighted by molar-refractivity contribution is 6.30. The number of fused-ring (bicyclic) bond motifs is 4. The number of aromatic amines is 1. The van der Waals surface area contributed by atoms with Gasteiger partial charge in [-0.2, -0.15) is 0 Å². The van der Waals surface area contributed by atoms with E-state index < -0.39 is 0 Å². The zero-order valence-corrected chi connectivity index (χ0v) is 18.4. The molecular weight excluding hydrogens is 426 g/mol. The Hall–Kier alpha value is -3.19. The number of hydrogen-bond donors (Lipinski definition) is 1. The van der Waals surface area contributed by atoms with Crippen molar-refractivity contribution >= 4 is 39.9 Å². The second kappa shape index (κ2) is 7.17. The predicted molar refractivity (Wildman–Crippen MR) is 124 cm³/mol. The molecule has 0 bridgehead atoms. The normalized spacial score (nSPS) is 16.0. The van der Waals surface area contributed by atoms with Crippen LogP contribution in [0.4, 0.5) is 5.69 Å². The SMILES string of the molecule is CCc1cc2c(cc1C(=O)N1CCc3cc(Cl)ccc31)[nH]c(=O)c1nnc(C3CCC3)n12. The number of aryl methyl sites for hydroxylation is 1. The minimum Gasteiger partial charge on any atom is -0.317 e. The first kappa shape index (κ1) is 19.5. The van der Waals surface area contributed by atoms with Gasteiger partial charge in [0.15, 0.2) is 0 Å². The van der Waals surface area contributed by atoms with E-state index >= 15 is 0 Å². The quantitative estimate of drug-likeness (QED) is 0.508. The monoisotopic (exact) mass is 447 g/mol. The van der Waals surface area contributed by atoms with Gasteiger partial charge in [-0.15, -0.1) is 10.2 Å². The molecule has 0 spiro atoms. The van der Waals surface area contributed by atoms with Gasteiger partial charge in [-0.25, -0.2) is 0 Å². The zero-order valence-electron chi connectivity index (χ0n) is 17.7. The highest BCUT2D eigenvalue weighted by Crippen LogP contribution is 2.36. The molecular formula is C24H22ClN5O2. The Balaban J connectivity index is 1.52. The molecule has 8 heteroatoms. The van der Waals surface area contributed by atoms with Crippen LogP contribution in [0.5, 0.6) is 0 Å². The Morgan fingerprint density at radius 2 is 2.06 bits per heavy atom. The van der Waals surface area contributed by atoms with E-state index in [1.165, 1.54) is 6.42 Å². The number of halogens is 1. The average Bonchev–Trinajstić information content (AvgIpc) is 3.36. The molecule has 32 heavy (non-hydrogen) atoms. The summed E-state index contributed by atoms with van der Waals surface area (Å²) in [5.41, 5.74) is 5.01. The van der Waals surface area contributed by atoms with Gasteiger partial charge in [-0.1, -0.05) is 24.9 Å². The molecule has 1 amide bonds. The molecule has 2 aliphatic rings. The summed E-state index contributed by atoms with van der Waals surface area (Å²) in [5, 5.41) is 9.18. The summed E-state index contributed by atoms with van der Waals surface area (Å²) in [6, 6.07) is 9.47. The van der Waals surface area contributed by atoms with Gasteiger partial charge in [0.2, 0.25) is 5.65 Å². The van der Waals surface area contributed by atoms with E-state index in [0.29, 0.717) is 40.6 Å². The van der Waals surface area contributed by atoms with Gasteiger partial charge in [0.1, 0.15) is 5.82 Å². The molecule has 1 N–H and O–H groups in total. The Kier molecular flexibility index (Phi) is 4.37. The molecule has 162 valence electrons.